The Bertz CT molecular complexity index is 600. The van der Waals surface area contributed by atoms with Gasteiger partial charge in [0.2, 0.25) is 5.91 Å². The van der Waals surface area contributed by atoms with Crippen LogP contribution in [-0.4, -0.2) is 19.0 Å². The van der Waals surface area contributed by atoms with Gasteiger partial charge in [0, 0.05) is 24.5 Å². The van der Waals surface area contributed by atoms with Crippen molar-refractivity contribution in [2.24, 2.45) is 0 Å². The summed E-state index contributed by atoms with van der Waals surface area (Å²) >= 11 is 0. The first-order valence-electron chi connectivity index (χ1n) is 5.81. The van der Waals surface area contributed by atoms with E-state index in [0.29, 0.717) is 11.4 Å². The first kappa shape index (κ1) is 15.2. The monoisotopic (exact) mass is 273 g/mol. The molecule has 0 saturated carbocycles. The highest BCUT2D eigenvalue weighted by Gasteiger charge is 2.08. The average molecular weight is 273 g/mol. The molecule has 0 aromatic heterocycles. The van der Waals surface area contributed by atoms with Crippen LogP contribution in [0, 0.1) is 18.3 Å². The van der Waals surface area contributed by atoms with Crippen LogP contribution in [0.1, 0.15) is 12.5 Å². The molecular formula is C14H15N3O3. The van der Waals surface area contributed by atoms with E-state index in [1.54, 1.807) is 18.2 Å². The third-order valence-corrected chi connectivity index (χ3v) is 2.46. The smallest absolute Gasteiger partial charge is 0.350 e. The van der Waals surface area contributed by atoms with Gasteiger partial charge >= 0.3 is 5.97 Å². The van der Waals surface area contributed by atoms with E-state index >= 15 is 0 Å². The van der Waals surface area contributed by atoms with Crippen LogP contribution < -0.4 is 10.6 Å². The molecule has 0 aliphatic carbocycles. The normalized spacial score (nSPS) is 10.4. The summed E-state index contributed by atoms with van der Waals surface area (Å²) in [6.07, 6.45) is 1.26. The number of anilines is 2. The van der Waals surface area contributed by atoms with Crippen LogP contribution >= 0.6 is 0 Å². The van der Waals surface area contributed by atoms with Crippen molar-refractivity contribution in [2.45, 2.75) is 13.8 Å². The van der Waals surface area contributed by atoms with Gasteiger partial charge in [0.25, 0.3) is 0 Å². The summed E-state index contributed by atoms with van der Waals surface area (Å²) < 4.78 is 4.46. The first-order valence-corrected chi connectivity index (χ1v) is 5.81. The van der Waals surface area contributed by atoms with Crippen LogP contribution in [-0.2, 0) is 14.3 Å². The topological polar surface area (TPSA) is 91.2 Å². The van der Waals surface area contributed by atoms with Crippen molar-refractivity contribution in [1.82, 2.24) is 0 Å². The maximum absolute atomic E-state index is 11.2. The Morgan fingerprint density at radius 1 is 1.40 bits per heavy atom. The number of aryl methyl sites for hydroxylation is 1. The van der Waals surface area contributed by atoms with Gasteiger partial charge in [-0.3, -0.25) is 4.79 Å². The lowest BCUT2D eigenvalue weighted by atomic mass is 10.1. The quantitative estimate of drug-likeness (QED) is 0.497. The second-order valence-electron chi connectivity index (χ2n) is 4.02. The summed E-state index contributed by atoms with van der Waals surface area (Å²) in [6, 6.07) is 7.02. The number of carbonyl (C=O) groups is 2. The minimum absolute atomic E-state index is 0.144. The molecule has 0 saturated heterocycles. The Kier molecular flexibility index (Phi) is 5.30. The molecule has 0 unspecified atom stereocenters. The molecule has 1 aromatic rings. The van der Waals surface area contributed by atoms with Crippen LogP contribution in [0.5, 0.6) is 0 Å². The largest absolute Gasteiger partial charge is 0.465 e. The number of benzene rings is 1. The zero-order valence-corrected chi connectivity index (χ0v) is 11.5. The number of nitrogens with one attached hydrogen (secondary N) is 2. The zero-order chi connectivity index (χ0) is 15.1. The van der Waals surface area contributed by atoms with Gasteiger partial charge in [-0.1, -0.05) is 6.07 Å². The van der Waals surface area contributed by atoms with Crippen molar-refractivity contribution in [1.29, 1.82) is 5.26 Å². The molecule has 0 aliphatic heterocycles. The van der Waals surface area contributed by atoms with Crippen LogP contribution in [0.25, 0.3) is 0 Å². The number of rotatable bonds is 4. The fourth-order valence-corrected chi connectivity index (χ4v) is 1.44. The molecule has 6 heteroatoms. The Hall–Kier alpha value is -2.81. The van der Waals surface area contributed by atoms with Crippen LogP contribution in [0.15, 0.2) is 30.0 Å². The number of nitrogens with zero attached hydrogens (tertiary/aromatic N) is 1. The van der Waals surface area contributed by atoms with Crippen LogP contribution in [0.4, 0.5) is 11.4 Å². The van der Waals surface area contributed by atoms with Gasteiger partial charge in [-0.2, -0.15) is 5.26 Å². The number of hydrogen-bond donors (Lipinski definition) is 2. The zero-order valence-electron chi connectivity index (χ0n) is 11.5. The number of esters is 1. The molecule has 1 amide bonds. The predicted molar refractivity (Wildman–Crippen MR) is 74.8 cm³/mol. The molecule has 20 heavy (non-hydrogen) atoms. The molecule has 0 radical (unpaired) electrons. The fourth-order valence-electron chi connectivity index (χ4n) is 1.44. The molecule has 0 aliphatic rings. The van der Waals surface area contributed by atoms with Crippen molar-refractivity contribution in [3.8, 4) is 6.07 Å². The Labute approximate surface area is 117 Å². The van der Waals surface area contributed by atoms with Gasteiger partial charge in [-0.15, -0.1) is 0 Å². The molecular weight excluding hydrogens is 258 g/mol. The maximum Gasteiger partial charge on any atom is 0.350 e. The Morgan fingerprint density at radius 3 is 2.65 bits per heavy atom. The molecule has 0 heterocycles. The van der Waals surface area contributed by atoms with Crippen molar-refractivity contribution in [3.05, 3.63) is 35.5 Å². The molecule has 6 nitrogen and oxygen atoms in total. The lowest BCUT2D eigenvalue weighted by molar-refractivity contribution is -0.135. The minimum Gasteiger partial charge on any atom is -0.465 e. The summed E-state index contributed by atoms with van der Waals surface area (Å²) in [6.45, 7) is 3.28. The van der Waals surface area contributed by atoms with E-state index in [4.69, 9.17) is 5.26 Å². The van der Waals surface area contributed by atoms with Gasteiger partial charge in [-0.25, -0.2) is 4.79 Å². The SMILES string of the molecule is COC(=O)/C(C#N)=C\Nc1ccc(C)c(NC(C)=O)c1. The summed E-state index contributed by atoms with van der Waals surface area (Å²) in [4.78, 5) is 22.3. The van der Waals surface area contributed by atoms with Crippen molar-refractivity contribution in [3.63, 3.8) is 0 Å². The van der Waals surface area contributed by atoms with Gasteiger partial charge in [0.1, 0.15) is 6.07 Å². The second-order valence-corrected chi connectivity index (χ2v) is 4.02. The Morgan fingerprint density at radius 2 is 2.10 bits per heavy atom. The summed E-state index contributed by atoms with van der Waals surface area (Å²) in [5.74, 6) is -0.887. The average Bonchev–Trinajstić information content (AvgIpc) is 2.42. The third kappa shape index (κ3) is 4.14. The number of nitriles is 1. The molecule has 1 rings (SSSR count). The lowest BCUT2D eigenvalue weighted by Crippen LogP contribution is -2.08. The highest BCUT2D eigenvalue weighted by molar-refractivity contribution is 5.93. The standard InChI is InChI=1S/C14H15N3O3/c1-9-4-5-12(6-13(9)17-10(2)18)16-8-11(7-15)14(19)20-3/h4-6,8,16H,1-3H3,(H,17,18)/b11-8-. The highest BCUT2D eigenvalue weighted by atomic mass is 16.5. The van der Waals surface area contributed by atoms with Crippen molar-refractivity contribution >= 4 is 23.3 Å². The predicted octanol–water partition coefficient (Wildman–Crippen LogP) is 1.95. The number of amides is 1. The Balaban J connectivity index is 2.94. The van der Waals surface area contributed by atoms with Gasteiger partial charge < -0.3 is 15.4 Å². The number of ether oxygens (including phenoxy) is 1. The van der Waals surface area contributed by atoms with E-state index in [0.717, 1.165) is 5.56 Å². The van der Waals surface area contributed by atoms with E-state index in [2.05, 4.69) is 15.4 Å². The number of hydrogen-bond acceptors (Lipinski definition) is 5. The molecule has 0 atom stereocenters. The van der Waals surface area contributed by atoms with E-state index < -0.39 is 5.97 Å². The van der Waals surface area contributed by atoms with Gasteiger partial charge in [-0.05, 0) is 24.6 Å². The maximum atomic E-state index is 11.2. The number of methoxy groups -OCH3 is 1. The minimum atomic E-state index is -0.714. The highest BCUT2D eigenvalue weighted by Crippen LogP contribution is 2.20. The first-order chi connectivity index (χ1) is 9.47. The lowest BCUT2D eigenvalue weighted by Gasteiger charge is -2.09. The van der Waals surface area contributed by atoms with Gasteiger partial charge in [0.05, 0.1) is 7.11 Å². The molecule has 1 aromatic carbocycles. The van der Waals surface area contributed by atoms with Crippen LogP contribution in [0.3, 0.4) is 0 Å². The molecule has 2 N–H and O–H groups in total. The third-order valence-electron chi connectivity index (χ3n) is 2.46. The molecule has 104 valence electrons. The van der Waals surface area contributed by atoms with Gasteiger partial charge in [0.15, 0.2) is 5.57 Å². The summed E-state index contributed by atoms with van der Waals surface area (Å²) in [5.41, 5.74) is 2.06. The van der Waals surface area contributed by atoms with E-state index in [1.165, 1.54) is 20.2 Å². The summed E-state index contributed by atoms with van der Waals surface area (Å²) in [5, 5.41) is 14.3. The summed E-state index contributed by atoms with van der Waals surface area (Å²) in [7, 11) is 1.20. The number of carbonyl (C=O) groups excluding carboxylic acids is 2. The molecule has 0 fully saturated rings. The van der Waals surface area contributed by atoms with Crippen molar-refractivity contribution in [2.75, 3.05) is 17.7 Å². The fraction of sp³-hybridized carbons (Fsp3) is 0.214. The molecule has 0 bridgehead atoms. The van der Waals surface area contributed by atoms with E-state index in [1.807, 2.05) is 13.0 Å². The van der Waals surface area contributed by atoms with Crippen molar-refractivity contribution < 1.29 is 14.3 Å². The van der Waals surface area contributed by atoms with Crippen LogP contribution in [0.2, 0.25) is 0 Å². The second kappa shape index (κ2) is 6.95. The van der Waals surface area contributed by atoms with E-state index in [-0.39, 0.29) is 11.5 Å². The van der Waals surface area contributed by atoms with E-state index in [9.17, 15) is 9.59 Å². The molecule has 0 spiro atoms.